The van der Waals surface area contributed by atoms with Gasteiger partial charge in [0, 0.05) is 32.3 Å². The molecule has 1 aliphatic heterocycles. The maximum Gasteiger partial charge on any atom is 0.251 e. The lowest BCUT2D eigenvalue weighted by atomic mass is 10.1. The Morgan fingerprint density at radius 2 is 1.96 bits per heavy atom. The number of hydrogen-bond donors (Lipinski definition) is 2. The van der Waals surface area contributed by atoms with Crippen LogP contribution < -0.4 is 15.4 Å². The lowest BCUT2D eigenvalue weighted by molar-refractivity contribution is -0.120. The monoisotopic (exact) mass is 391 g/mol. The van der Waals surface area contributed by atoms with Gasteiger partial charge in [0.25, 0.3) is 5.91 Å². The number of carbonyl (C=O) groups is 2. The molecular formula is C21H33N3O4. The molecule has 1 aliphatic rings. The minimum Gasteiger partial charge on any atom is -0.494 e. The molecule has 1 aromatic rings. The van der Waals surface area contributed by atoms with Gasteiger partial charge in [-0.15, -0.1) is 0 Å². The highest BCUT2D eigenvalue weighted by atomic mass is 16.5. The summed E-state index contributed by atoms with van der Waals surface area (Å²) >= 11 is 0. The number of benzene rings is 1. The largest absolute Gasteiger partial charge is 0.494 e. The second-order valence-corrected chi connectivity index (χ2v) is 7.16. The van der Waals surface area contributed by atoms with Crippen LogP contribution >= 0.6 is 0 Å². The number of hydrogen-bond acceptors (Lipinski definition) is 5. The van der Waals surface area contributed by atoms with E-state index in [4.69, 9.17) is 9.47 Å². The van der Waals surface area contributed by atoms with E-state index in [9.17, 15) is 9.59 Å². The molecule has 7 nitrogen and oxygen atoms in total. The standard InChI is InChI=1S/C21H33N3O4/c1-3-4-12-28-19-7-5-18(6-8-19)21(26)23-15-20(25)22-14-17-9-10-24(16-17)11-13-27-2/h5-8,17H,3-4,9-16H2,1-2H3,(H,22,25)(H,23,26)/t17-/m0/s1. The molecule has 1 atom stereocenters. The van der Waals surface area contributed by atoms with Crippen molar-refractivity contribution in [2.45, 2.75) is 26.2 Å². The normalized spacial score (nSPS) is 16.7. The van der Waals surface area contributed by atoms with Crippen molar-refractivity contribution in [3.05, 3.63) is 29.8 Å². The number of amides is 2. The Morgan fingerprint density at radius 3 is 2.68 bits per heavy atom. The molecule has 7 heteroatoms. The number of nitrogens with one attached hydrogen (secondary N) is 2. The second kappa shape index (κ2) is 12.4. The van der Waals surface area contributed by atoms with Gasteiger partial charge in [-0.2, -0.15) is 0 Å². The van der Waals surface area contributed by atoms with E-state index in [0.717, 1.165) is 51.3 Å². The first kappa shape index (κ1) is 22.2. The average Bonchev–Trinajstić information content (AvgIpc) is 3.17. The average molecular weight is 392 g/mol. The van der Waals surface area contributed by atoms with Gasteiger partial charge >= 0.3 is 0 Å². The fraction of sp³-hybridized carbons (Fsp3) is 0.619. The molecule has 0 unspecified atom stereocenters. The van der Waals surface area contributed by atoms with Crippen LogP contribution in [0.1, 0.15) is 36.5 Å². The summed E-state index contributed by atoms with van der Waals surface area (Å²) in [7, 11) is 1.71. The molecule has 0 radical (unpaired) electrons. The van der Waals surface area contributed by atoms with E-state index in [2.05, 4.69) is 22.5 Å². The van der Waals surface area contributed by atoms with Gasteiger partial charge in [0.1, 0.15) is 5.75 Å². The smallest absolute Gasteiger partial charge is 0.251 e. The van der Waals surface area contributed by atoms with Crippen LogP contribution in [0.25, 0.3) is 0 Å². The third-order valence-corrected chi connectivity index (χ3v) is 4.86. The Balaban J connectivity index is 1.63. The summed E-state index contributed by atoms with van der Waals surface area (Å²) in [5.74, 6) is 0.778. The fourth-order valence-corrected chi connectivity index (χ4v) is 3.12. The van der Waals surface area contributed by atoms with Gasteiger partial charge in [-0.25, -0.2) is 0 Å². The van der Waals surface area contributed by atoms with E-state index in [0.29, 0.717) is 24.6 Å². The summed E-state index contributed by atoms with van der Waals surface area (Å²) in [6.45, 7) is 7.08. The van der Waals surface area contributed by atoms with Crippen molar-refractivity contribution in [1.29, 1.82) is 0 Å². The quantitative estimate of drug-likeness (QED) is 0.530. The van der Waals surface area contributed by atoms with Crippen LogP contribution in [0, 0.1) is 5.92 Å². The molecule has 28 heavy (non-hydrogen) atoms. The number of nitrogens with zero attached hydrogens (tertiary/aromatic N) is 1. The molecule has 1 saturated heterocycles. The first-order valence-corrected chi connectivity index (χ1v) is 10.1. The molecule has 2 rings (SSSR count). The molecule has 2 amide bonds. The van der Waals surface area contributed by atoms with Crippen molar-refractivity contribution >= 4 is 11.8 Å². The third kappa shape index (κ3) is 7.86. The fourth-order valence-electron chi connectivity index (χ4n) is 3.12. The molecule has 0 bridgehead atoms. The summed E-state index contributed by atoms with van der Waals surface area (Å²) in [6.07, 6.45) is 3.15. The lowest BCUT2D eigenvalue weighted by Gasteiger charge is -2.15. The van der Waals surface area contributed by atoms with Gasteiger partial charge in [0.15, 0.2) is 0 Å². The molecule has 0 aromatic heterocycles. The number of unbranched alkanes of at least 4 members (excludes halogenated alkanes) is 1. The van der Waals surface area contributed by atoms with E-state index >= 15 is 0 Å². The molecule has 1 heterocycles. The number of likely N-dealkylation sites (tertiary alicyclic amines) is 1. The molecule has 1 fully saturated rings. The summed E-state index contributed by atoms with van der Waals surface area (Å²) < 4.78 is 10.7. The van der Waals surface area contributed by atoms with Crippen molar-refractivity contribution < 1.29 is 19.1 Å². The van der Waals surface area contributed by atoms with Crippen molar-refractivity contribution in [3.8, 4) is 5.75 Å². The summed E-state index contributed by atoms with van der Waals surface area (Å²) in [5.41, 5.74) is 0.514. The van der Waals surface area contributed by atoms with Crippen LogP contribution in [0.3, 0.4) is 0 Å². The first-order chi connectivity index (χ1) is 13.6. The van der Waals surface area contributed by atoms with Crippen LogP contribution in [-0.4, -0.2) is 69.8 Å². The Morgan fingerprint density at radius 1 is 1.18 bits per heavy atom. The van der Waals surface area contributed by atoms with Gasteiger partial charge in [0.05, 0.1) is 19.8 Å². The molecule has 0 aliphatic carbocycles. The molecule has 0 saturated carbocycles. The molecular weight excluding hydrogens is 358 g/mol. The second-order valence-electron chi connectivity index (χ2n) is 7.16. The number of rotatable bonds is 12. The first-order valence-electron chi connectivity index (χ1n) is 10.1. The van der Waals surface area contributed by atoms with Crippen LogP contribution in [0.15, 0.2) is 24.3 Å². The number of ether oxygens (including phenoxy) is 2. The highest BCUT2D eigenvalue weighted by Gasteiger charge is 2.22. The maximum atomic E-state index is 12.2. The van der Waals surface area contributed by atoms with E-state index in [1.54, 1.807) is 31.4 Å². The van der Waals surface area contributed by atoms with Gasteiger partial charge in [-0.05, 0) is 49.6 Å². The molecule has 156 valence electrons. The zero-order valence-corrected chi connectivity index (χ0v) is 17.0. The van der Waals surface area contributed by atoms with Gasteiger partial charge < -0.3 is 25.0 Å². The SMILES string of the molecule is CCCCOc1ccc(C(=O)NCC(=O)NC[C@@H]2CCN(CCOC)C2)cc1. The van der Waals surface area contributed by atoms with E-state index < -0.39 is 0 Å². The van der Waals surface area contributed by atoms with Crippen LogP contribution in [0.4, 0.5) is 0 Å². The topological polar surface area (TPSA) is 79.9 Å². The minimum atomic E-state index is -0.262. The number of carbonyl (C=O) groups excluding carboxylic acids is 2. The number of methoxy groups -OCH3 is 1. The van der Waals surface area contributed by atoms with Crippen molar-refractivity contribution in [3.63, 3.8) is 0 Å². The van der Waals surface area contributed by atoms with E-state index in [-0.39, 0.29) is 18.4 Å². The maximum absolute atomic E-state index is 12.2. The van der Waals surface area contributed by atoms with E-state index in [1.807, 2.05) is 0 Å². The van der Waals surface area contributed by atoms with E-state index in [1.165, 1.54) is 0 Å². The highest BCUT2D eigenvalue weighted by Crippen LogP contribution is 2.15. The van der Waals surface area contributed by atoms with Gasteiger partial charge in [0.2, 0.25) is 5.91 Å². The summed E-state index contributed by atoms with van der Waals surface area (Å²) in [5, 5.41) is 5.58. The molecule has 2 N–H and O–H groups in total. The van der Waals surface area contributed by atoms with Crippen LogP contribution in [0.5, 0.6) is 5.75 Å². The molecule has 1 aromatic carbocycles. The zero-order chi connectivity index (χ0) is 20.2. The lowest BCUT2D eigenvalue weighted by Crippen LogP contribution is -2.39. The Kier molecular flexibility index (Phi) is 9.79. The van der Waals surface area contributed by atoms with Crippen molar-refractivity contribution in [2.75, 3.05) is 53.0 Å². The van der Waals surface area contributed by atoms with Crippen LogP contribution in [0.2, 0.25) is 0 Å². The zero-order valence-electron chi connectivity index (χ0n) is 17.0. The van der Waals surface area contributed by atoms with Gasteiger partial charge in [-0.1, -0.05) is 13.3 Å². The molecule has 0 spiro atoms. The predicted molar refractivity (Wildman–Crippen MR) is 109 cm³/mol. The van der Waals surface area contributed by atoms with Crippen LogP contribution in [-0.2, 0) is 9.53 Å². The Bertz CT molecular complexity index is 606. The summed E-state index contributed by atoms with van der Waals surface area (Å²) in [6, 6.07) is 6.98. The summed E-state index contributed by atoms with van der Waals surface area (Å²) in [4.78, 5) is 26.5. The Hall–Kier alpha value is -2.12. The van der Waals surface area contributed by atoms with Crippen molar-refractivity contribution in [1.82, 2.24) is 15.5 Å². The highest BCUT2D eigenvalue weighted by molar-refractivity contribution is 5.96. The minimum absolute atomic E-state index is 0.0201. The third-order valence-electron chi connectivity index (χ3n) is 4.86. The Labute approximate surface area is 167 Å². The predicted octanol–water partition coefficient (Wildman–Crippen LogP) is 1.68. The van der Waals surface area contributed by atoms with Crippen molar-refractivity contribution in [2.24, 2.45) is 5.92 Å². The van der Waals surface area contributed by atoms with Gasteiger partial charge in [-0.3, -0.25) is 9.59 Å².